The molecule has 0 fully saturated rings. The summed E-state index contributed by atoms with van der Waals surface area (Å²) in [5.41, 5.74) is 0.821. The summed E-state index contributed by atoms with van der Waals surface area (Å²) in [6.07, 6.45) is 0.316. The number of carbonyl (C=O) groups excluding carboxylic acids is 2. The summed E-state index contributed by atoms with van der Waals surface area (Å²) in [7, 11) is -4.23. The van der Waals surface area contributed by atoms with E-state index in [4.69, 9.17) is 34.8 Å². The van der Waals surface area contributed by atoms with Gasteiger partial charge in [0.2, 0.25) is 11.8 Å². The molecule has 0 aliphatic rings. The van der Waals surface area contributed by atoms with Crippen molar-refractivity contribution in [2.75, 3.05) is 17.4 Å². The Bertz CT molecular complexity index is 1420. The van der Waals surface area contributed by atoms with Gasteiger partial charge in [0.15, 0.2) is 0 Å². The molecule has 0 aliphatic carbocycles. The summed E-state index contributed by atoms with van der Waals surface area (Å²) >= 11 is 18.6. The monoisotopic (exact) mass is 623 g/mol. The van der Waals surface area contributed by atoms with Gasteiger partial charge in [-0.05, 0) is 60.4 Å². The van der Waals surface area contributed by atoms with Gasteiger partial charge in [0.05, 0.1) is 15.6 Å². The van der Waals surface area contributed by atoms with Crippen LogP contribution in [0, 0.1) is 5.92 Å². The largest absolute Gasteiger partial charge is 0.354 e. The summed E-state index contributed by atoms with van der Waals surface area (Å²) in [6.45, 7) is 5.65. The number of anilines is 1. The number of hydrogen-bond donors (Lipinski definition) is 1. The molecule has 0 radical (unpaired) electrons. The molecule has 3 aromatic carbocycles. The molecule has 11 heteroatoms. The number of sulfonamides is 1. The molecule has 0 bridgehead atoms. The van der Waals surface area contributed by atoms with Crippen molar-refractivity contribution in [3.05, 3.63) is 93.4 Å². The lowest BCUT2D eigenvalue weighted by Gasteiger charge is -2.33. The minimum absolute atomic E-state index is 0.0141. The zero-order valence-corrected chi connectivity index (χ0v) is 25.6. The number of nitrogens with one attached hydrogen (secondary N) is 1. The van der Waals surface area contributed by atoms with Gasteiger partial charge in [0.25, 0.3) is 10.0 Å². The first-order chi connectivity index (χ1) is 18.9. The topological polar surface area (TPSA) is 86.8 Å². The van der Waals surface area contributed by atoms with E-state index < -0.39 is 28.5 Å². The molecule has 7 nitrogen and oxygen atoms in total. The van der Waals surface area contributed by atoms with E-state index in [1.165, 1.54) is 35.2 Å². The van der Waals surface area contributed by atoms with Crippen molar-refractivity contribution in [1.82, 2.24) is 10.2 Å². The van der Waals surface area contributed by atoms with Gasteiger partial charge in [-0.3, -0.25) is 13.9 Å². The van der Waals surface area contributed by atoms with Gasteiger partial charge < -0.3 is 10.2 Å². The van der Waals surface area contributed by atoms with Gasteiger partial charge in [0.1, 0.15) is 12.6 Å². The van der Waals surface area contributed by atoms with Crippen LogP contribution < -0.4 is 9.62 Å². The molecule has 2 amide bonds. The lowest BCUT2D eigenvalue weighted by atomic mass is 10.1. The lowest BCUT2D eigenvalue weighted by molar-refractivity contribution is -0.140. The minimum atomic E-state index is -4.23. The van der Waals surface area contributed by atoms with Crippen LogP contribution in [0.1, 0.15) is 32.8 Å². The van der Waals surface area contributed by atoms with Crippen LogP contribution >= 0.6 is 34.8 Å². The highest BCUT2D eigenvalue weighted by Crippen LogP contribution is 2.33. The van der Waals surface area contributed by atoms with Crippen molar-refractivity contribution in [3.63, 3.8) is 0 Å². The second-order valence-electron chi connectivity index (χ2n) is 9.63. The molecule has 0 aliphatic heterocycles. The van der Waals surface area contributed by atoms with E-state index in [-0.39, 0.29) is 34.0 Å². The standard InChI is InChI=1S/C29H32Cl3N3O4S/c1-4-26(29(37)33-17-20(2)3)34(18-21-10-12-22(30)13-11-21)28(36)19-35(27-15-14-23(31)16-25(27)32)40(38,39)24-8-6-5-7-9-24/h5-16,20,26H,4,17-19H2,1-3H3,(H,33,37)/t26-/m0/s1. The summed E-state index contributed by atoms with van der Waals surface area (Å²) in [6, 6.07) is 18.2. The predicted molar refractivity (Wildman–Crippen MR) is 161 cm³/mol. The van der Waals surface area contributed by atoms with Gasteiger partial charge in [-0.25, -0.2) is 8.42 Å². The van der Waals surface area contributed by atoms with Crippen LogP contribution in [-0.2, 0) is 26.2 Å². The Morgan fingerprint density at radius 3 is 2.10 bits per heavy atom. The maximum atomic E-state index is 14.0. The molecule has 3 aromatic rings. The van der Waals surface area contributed by atoms with E-state index in [0.717, 1.165) is 9.87 Å². The fourth-order valence-corrected chi connectivity index (χ4v) is 6.19. The number of nitrogens with zero attached hydrogens (tertiary/aromatic N) is 2. The highest BCUT2D eigenvalue weighted by atomic mass is 35.5. The van der Waals surface area contributed by atoms with E-state index in [2.05, 4.69) is 5.32 Å². The number of benzene rings is 3. The third kappa shape index (κ3) is 8.13. The molecular weight excluding hydrogens is 593 g/mol. The number of carbonyl (C=O) groups is 2. The average molecular weight is 625 g/mol. The van der Waals surface area contributed by atoms with Crippen molar-refractivity contribution in [3.8, 4) is 0 Å². The third-order valence-corrected chi connectivity index (χ3v) is 8.69. The summed E-state index contributed by atoms with van der Waals surface area (Å²) in [4.78, 5) is 28.7. The van der Waals surface area contributed by atoms with Crippen LogP contribution in [0.3, 0.4) is 0 Å². The molecule has 0 aromatic heterocycles. The first-order valence-corrected chi connectivity index (χ1v) is 15.4. The molecule has 0 spiro atoms. The van der Waals surface area contributed by atoms with Crippen molar-refractivity contribution < 1.29 is 18.0 Å². The van der Waals surface area contributed by atoms with Gasteiger partial charge >= 0.3 is 0 Å². The summed E-state index contributed by atoms with van der Waals surface area (Å²) in [5.74, 6) is -0.687. The first kappa shape index (κ1) is 31.7. The third-order valence-electron chi connectivity index (χ3n) is 6.13. The Balaban J connectivity index is 2.06. The van der Waals surface area contributed by atoms with Gasteiger partial charge in [-0.1, -0.05) is 85.9 Å². The summed E-state index contributed by atoms with van der Waals surface area (Å²) < 4.78 is 28.6. The molecule has 1 atom stereocenters. The number of rotatable bonds is 12. The van der Waals surface area contributed by atoms with Crippen molar-refractivity contribution in [2.45, 2.75) is 44.7 Å². The van der Waals surface area contributed by atoms with E-state index in [0.29, 0.717) is 23.0 Å². The Morgan fingerprint density at radius 1 is 0.900 bits per heavy atom. The van der Waals surface area contributed by atoms with Gasteiger partial charge in [-0.2, -0.15) is 0 Å². The van der Waals surface area contributed by atoms with Crippen molar-refractivity contribution >= 4 is 62.3 Å². The second-order valence-corrected chi connectivity index (χ2v) is 12.8. The molecule has 3 rings (SSSR count). The minimum Gasteiger partial charge on any atom is -0.354 e. The number of halogens is 3. The Kier molecular flexibility index (Phi) is 11.3. The highest BCUT2D eigenvalue weighted by Gasteiger charge is 2.34. The first-order valence-electron chi connectivity index (χ1n) is 12.8. The Hall–Kier alpha value is -2.78. The zero-order valence-electron chi connectivity index (χ0n) is 22.5. The lowest BCUT2D eigenvalue weighted by Crippen LogP contribution is -2.52. The highest BCUT2D eigenvalue weighted by molar-refractivity contribution is 7.92. The normalized spacial score (nSPS) is 12.2. The van der Waals surface area contributed by atoms with E-state index in [1.54, 1.807) is 49.4 Å². The Morgan fingerprint density at radius 2 is 1.52 bits per heavy atom. The number of hydrogen-bond acceptors (Lipinski definition) is 4. The van der Waals surface area contributed by atoms with Crippen LogP contribution in [-0.4, -0.2) is 44.3 Å². The molecule has 0 heterocycles. The molecule has 40 heavy (non-hydrogen) atoms. The van der Waals surface area contributed by atoms with Crippen LogP contribution in [0.25, 0.3) is 0 Å². The van der Waals surface area contributed by atoms with E-state index in [1.807, 2.05) is 13.8 Å². The van der Waals surface area contributed by atoms with Crippen molar-refractivity contribution in [2.24, 2.45) is 5.92 Å². The van der Waals surface area contributed by atoms with E-state index in [9.17, 15) is 18.0 Å². The SMILES string of the molecule is CC[C@@H](C(=O)NCC(C)C)N(Cc1ccc(Cl)cc1)C(=O)CN(c1ccc(Cl)cc1Cl)S(=O)(=O)c1ccccc1. The van der Waals surface area contributed by atoms with Gasteiger partial charge in [-0.15, -0.1) is 0 Å². The average Bonchev–Trinajstić information content (AvgIpc) is 2.92. The molecule has 0 saturated carbocycles. The van der Waals surface area contributed by atoms with Crippen LogP contribution in [0.5, 0.6) is 0 Å². The van der Waals surface area contributed by atoms with Crippen LogP contribution in [0.15, 0.2) is 77.7 Å². The van der Waals surface area contributed by atoms with Crippen LogP contribution in [0.4, 0.5) is 5.69 Å². The maximum Gasteiger partial charge on any atom is 0.264 e. The van der Waals surface area contributed by atoms with Crippen LogP contribution in [0.2, 0.25) is 15.1 Å². The maximum absolute atomic E-state index is 14.0. The molecule has 1 N–H and O–H groups in total. The predicted octanol–water partition coefficient (Wildman–Crippen LogP) is 6.42. The molecular formula is C29H32Cl3N3O4S. The van der Waals surface area contributed by atoms with E-state index >= 15 is 0 Å². The zero-order chi connectivity index (χ0) is 29.4. The smallest absolute Gasteiger partial charge is 0.264 e. The fourth-order valence-electron chi connectivity index (χ4n) is 4.05. The van der Waals surface area contributed by atoms with Gasteiger partial charge in [0, 0.05) is 23.1 Å². The second kappa shape index (κ2) is 14.2. The van der Waals surface area contributed by atoms with Crippen molar-refractivity contribution in [1.29, 1.82) is 0 Å². The summed E-state index contributed by atoms with van der Waals surface area (Å²) in [5, 5.41) is 3.80. The Labute approximate surface area is 251 Å². The molecule has 214 valence electrons. The molecule has 0 unspecified atom stereocenters. The quantitative estimate of drug-likeness (QED) is 0.252. The number of amides is 2. The molecule has 0 saturated heterocycles. The fraction of sp³-hybridized carbons (Fsp3) is 0.310.